The van der Waals surface area contributed by atoms with E-state index in [-0.39, 0.29) is 11.3 Å². The van der Waals surface area contributed by atoms with Gasteiger partial charge in [-0.05, 0) is 12.1 Å². The highest BCUT2D eigenvalue weighted by atomic mass is 32.1. The second kappa shape index (κ2) is 4.62. The number of phenolic OH excluding ortho intramolecular Hbond substituents is 1. The summed E-state index contributed by atoms with van der Waals surface area (Å²) in [5, 5.41) is 21.1. The molecule has 0 fully saturated rings. The van der Waals surface area contributed by atoms with Gasteiger partial charge in [-0.2, -0.15) is 0 Å². The molecule has 2 N–H and O–H groups in total. The summed E-state index contributed by atoms with van der Waals surface area (Å²) in [6.07, 6.45) is 1.56. The number of pyridine rings is 1. The quantitative estimate of drug-likeness (QED) is 0.745. The van der Waals surface area contributed by atoms with Gasteiger partial charge < -0.3 is 5.11 Å². The van der Waals surface area contributed by atoms with Gasteiger partial charge in [0.15, 0.2) is 5.75 Å². The summed E-state index contributed by atoms with van der Waals surface area (Å²) in [6.45, 7) is 0. The van der Waals surface area contributed by atoms with E-state index >= 15 is 0 Å². The molecule has 1 amide bonds. The summed E-state index contributed by atoms with van der Waals surface area (Å²) in [5.74, 6) is -0.582. The lowest BCUT2D eigenvalue weighted by Crippen LogP contribution is -2.12. The molecule has 6 nitrogen and oxygen atoms in total. The molecule has 3 rings (SSSR count). The van der Waals surface area contributed by atoms with Crippen molar-refractivity contribution in [3.63, 3.8) is 0 Å². The van der Waals surface area contributed by atoms with Crippen LogP contribution in [-0.4, -0.2) is 26.2 Å². The fourth-order valence-corrected chi connectivity index (χ4v) is 2.14. The topological polar surface area (TPSA) is 88.0 Å². The number of aromatic nitrogens is 3. The van der Waals surface area contributed by atoms with Gasteiger partial charge in [0.25, 0.3) is 5.91 Å². The molecule has 0 saturated carbocycles. The van der Waals surface area contributed by atoms with E-state index < -0.39 is 5.91 Å². The van der Waals surface area contributed by atoms with Crippen LogP contribution in [0, 0.1) is 0 Å². The highest BCUT2D eigenvalue weighted by molar-refractivity contribution is 7.13. The number of benzene rings is 1. The molecule has 2 aromatic heterocycles. The molecular formula is C12H8N4O2S. The fourth-order valence-electron chi connectivity index (χ4n) is 1.70. The molecule has 0 aliphatic carbocycles. The smallest absolute Gasteiger partial charge is 0.261 e. The maximum atomic E-state index is 12.0. The lowest BCUT2D eigenvalue weighted by Gasteiger charge is -2.06. The van der Waals surface area contributed by atoms with Gasteiger partial charge in [-0.25, -0.2) is 0 Å². The fraction of sp³-hybridized carbons (Fsp3) is 0. The Morgan fingerprint density at radius 3 is 3.00 bits per heavy atom. The van der Waals surface area contributed by atoms with Crippen molar-refractivity contribution in [3.8, 4) is 5.75 Å². The predicted octanol–water partition coefficient (Wildman–Crippen LogP) is 2.04. The Kier molecular flexibility index (Phi) is 2.81. The number of hydrogen-bond acceptors (Lipinski definition) is 6. The minimum absolute atomic E-state index is 0.139. The molecule has 0 aliphatic heterocycles. The molecule has 3 aromatic rings. The van der Waals surface area contributed by atoms with E-state index in [9.17, 15) is 9.90 Å². The average molecular weight is 272 g/mol. The molecule has 0 atom stereocenters. The number of fused-ring (bicyclic) bond motifs is 1. The van der Waals surface area contributed by atoms with Crippen molar-refractivity contribution < 1.29 is 9.90 Å². The molecule has 2 heterocycles. The number of carbonyl (C=O) groups excluding carboxylic acids is 1. The second-order valence-electron chi connectivity index (χ2n) is 3.73. The summed E-state index contributed by atoms with van der Waals surface area (Å²) in [7, 11) is 0. The first-order valence-electron chi connectivity index (χ1n) is 5.40. The zero-order valence-electron chi connectivity index (χ0n) is 9.57. The third-order valence-electron chi connectivity index (χ3n) is 2.57. The minimum Gasteiger partial charge on any atom is -0.505 e. The van der Waals surface area contributed by atoms with E-state index in [1.165, 1.54) is 16.8 Å². The lowest BCUT2D eigenvalue weighted by molar-refractivity contribution is 0.102. The highest BCUT2D eigenvalue weighted by Gasteiger charge is 2.15. The molecule has 0 saturated heterocycles. The summed E-state index contributed by atoms with van der Waals surface area (Å²) in [5.41, 5.74) is 2.06. The third kappa shape index (κ3) is 2.11. The van der Waals surface area contributed by atoms with E-state index in [0.29, 0.717) is 10.6 Å². The summed E-state index contributed by atoms with van der Waals surface area (Å²) >= 11 is 1.20. The van der Waals surface area contributed by atoms with Crippen molar-refractivity contribution in [3.05, 3.63) is 41.5 Å². The summed E-state index contributed by atoms with van der Waals surface area (Å²) in [6, 6.07) is 6.87. The Bertz CT molecular complexity index is 743. The largest absolute Gasteiger partial charge is 0.505 e. The SMILES string of the molecule is O=C(Nc1nncs1)c1ccc2cccnc2c1O. The zero-order chi connectivity index (χ0) is 13.2. The maximum absolute atomic E-state index is 12.0. The van der Waals surface area contributed by atoms with Crippen molar-refractivity contribution in [2.75, 3.05) is 5.32 Å². The molecule has 0 spiro atoms. The number of nitrogens with zero attached hydrogens (tertiary/aromatic N) is 3. The van der Waals surface area contributed by atoms with Crippen LogP contribution in [0.3, 0.4) is 0 Å². The van der Waals surface area contributed by atoms with Crippen molar-refractivity contribution in [1.29, 1.82) is 0 Å². The van der Waals surface area contributed by atoms with Crippen molar-refractivity contribution in [2.45, 2.75) is 0 Å². The van der Waals surface area contributed by atoms with Gasteiger partial charge in [0.2, 0.25) is 5.13 Å². The van der Waals surface area contributed by atoms with Crippen LogP contribution in [0.25, 0.3) is 10.9 Å². The van der Waals surface area contributed by atoms with Crippen LogP contribution < -0.4 is 5.32 Å². The van der Waals surface area contributed by atoms with Crippen LogP contribution in [0.15, 0.2) is 36.0 Å². The highest BCUT2D eigenvalue weighted by Crippen LogP contribution is 2.27. The first-order chi connectivity index (χ1) is 9.25. The van der Waals surface area contributed by atoms with Gasteiger partial charge in [0.1, 0.15) is 11.0 Å². The molecule has 0 bridgehead atoms. The Balaban J connectivity index is 2.01. The first kappa shape index (κ1) is 11.5. The van der Waals surface area contributed by atoms with Gasteiger partial charge in [-0.3, -0.25) is 15.1 Å². The van der Waals surface area contributed by atoms with E-state index in [1.807, 2.05) is 6.07 Å². The number of carbonyl (C=O) groups is 1. The molecular weight excluding hydrogens is 264 g/mol. The summed E-state index contributed by atoms with van der Waals surface area (Å²) in [4.78, 5) is 16.1. The normalized spacial score (nSPS) is 10.5. The van der Waals surface area contributed by atoms with Crippen molar-refractivity contribution >= 4 is 33.3 Å². The van der Waals surface area contributed by atoms with Crippen LogP contribution >= 0.6 is 11.3 Å². The van der Waals surface area contributed by atoms with Gasteiger partial charge in [-0.15, -0.1) is 10.2 Å². The monoisotopic (exact) mass is 272 g/mol. The molecule has 7 heteroatoms. The number of anilines is 1. The molecule has 94 valence electrons. The number of rotatable bonds is 2. The predicted molar refractivity (Wildman–Crippen MR) is 71.3 cm³/mol. The maximum Gasteiger partial charge on any atom is 0.261 e. The van der Waals surface area contributed by atoms with Crippen molar-refractivity contribution in [2.24, 2.45) is 0 Å². The molecule has 0 aliphatic rings. The Morgan fingerprint density at radius 2 is 2.21 bits per heavy atom. The number of aromatic hydroxyl groups is 1. The van der Waals surface area contributed by atoms with E-state index in [1.54, 1.807) is 24.4 Å². The molecule has 0 unspecified atom stereocenters. The zero-order valence-corrected chi connectivity index (χ0v) is 10.4. The first-order valence-corrected chi connectivity index (χ1v) is 6.28. The summed E-state index contributed by atoms with van der Waals surface area (Å²) < 4.78 is 0. The van der Waals surface area contributed by atoms with Crippen LogP contribution in [-0.2, 0) is 0 Å². The average Bonchev–Trinajstić information content (AvgIpc) is 2.92. The van der Waals surface area contributed by atoms with E-state index in [0.717, 1.165) is 5.39 Å². The second-order valence-corrected chi connectivity index (χ2v) is 4.57. The molecule has 1 aromatic carbocycles. The van der Waals surface area contributed by atoms with Crippen LogP contribution in [0.5, 0.6) is 5.75 Å². The number of nitrogens with one attached hydrogen (secondary N) is 1. The Morgan fingerprint density at radius 1 is 1.32 bits per heavy atom. The molecule has 0 radical (unpaired) electrons. The van der Waals surface area contributed by atoms with Crippen LogP contribution in [0.2, 0.25) is 0 Å². The van der Waals surface area contributed by atoms with Crippen molar-refractivity contribution in [1.82, 2.24) is 15.2 Å². The van der Waals surface area contributed by atoms with Gasteiger partial charge in [0, 0.05) is 11.6 Å². The van der Waals surface area contributed by atoms with E-state index in [2.05, 4.69) is 20.5 Å². The van der Waals surface area contributed by atoms with Crippen LogP contribution in [0.4, 0.5) is 5.13 Å². The number of hydrogen-bond donors (Lipinski definition) is 2. The number of phenols is 1. The van der Waals surface area contributed by atoms with E-state index in [4.69, 9.17) is 0 Å². The standard InChI is InChI=1S/C12H8N4O2S/c17-10-8(11(18)15-12-16-14-6-19-12)4-3-7-2-1-5-13-9(7)10/h1-6,17H,(H,15,16,18). The lowest BCUT2D eigenvalue weighted by atomic mass is 10.1. The Hall–Kier alpha value is -2.54. The number of amides is 1. The Labute approximate surface area is 111 Å². The third-order valence-corrected chi connectivity index (χ3v) is 3.18. The minimum atomic E-state index is -0.443. The van der Waals surface area contributed by atoms with Gasteiger partial charge in [-0.1, -0.05) is 23.5 Å². The molecule has 19 heavy (non-hydrogen) atoms. The van der Waals surface area contributed by atoms with Gasteiger partial charge >= 0.3 is 0 Å². The van der Waals surface area contributed by atoms with Crippen LogP contribution in [0.1, 0.15) is 10.4 Å². The van der Waals surface area contributed by atoms with Gasteiger partial charge in [0.05, 0.1) is 5.56 Å².